The van der Waals surface area contributed by atoms with E-state index < -0.39 is 11.7 Å². The van der Waals surface area contributed by atoms with Crippen LogP contribution in [0.15, 0.2) is 18.3 Å². The van der Waals surface area contributed by atoms with Crippen molar-refractivity contribution in [3.05, 3.63) is 33.9 Å². The summed E-state index contributed by atoms with van der Waals surface area (Å²) in [6, 6.07) is 1.69. The summed E-state index contributed by atoms with van der Waals surface area (Å²) in [5, 5.41) is 15.6. The molecule has 1 aliphatic rings. The first-order chi connectivity index (χ1) is 14.6. The van der Waals surface area contributed by atoms with Crippen molar-refractivity contribution in [2.75, 3.05) is 10.6 Å². The molecule has 1 aromatic carbocycles. The van der Waals surface area contributed by atoms with E-state index in [1.807, 2.05) is 0 Å². The molecule has 31 heavy (non-hydrogen) atoms. The first-order valence-electron chi connectivity index (χ1n) is 9.59. The first kappa shape index (κ1) is 21.9. The van der Waals surface area contributed by atoms with Crippen LogP contribution in [0.4, 0.5) is 30.8 Å². The summed E-state index contributed by atoms with van der Waals surface area (Å²) >= 11 is 12.1. The summed E-state index contributed by atoms with van der Waals surface area (Å²) in [7, 11) is 1.70. The Kier molecular flexibility index (Phi) is 5.89. The molecule has 4 rings (SSSR count). The van der Waals surface area contributed by atoms with Gasteiger partial charge in [0.25, 0.3) is 0 Å². The molecule has 12 heteroatoms. The van der Waals surface area contributed by atoms with Crippen LogP contribution in [-0.2, 0) is 13.2 Å². The van der Waals surface area contributed by atoms with Gasteiger partial charge in [-0.2, -0.15) is 18.2 Å². The van der Waals surface area contributed by atoms with Gasteiger partial charge in [0.15, 0.2) is 5.65 Å². The maximum absolute atomic E-state index is 12.9. The SMILES string of the molecule is Cn1c(Nc2c(Cl)cc(C(F)(F)F)cc2Cl)nc2cnc(N[C@@H]3CCCC(O)C3)nc21. The lowest BCUT2D eigenvalue weighted by atomic mass is 9.93. The minimum absolute atomic E-state index is 0.0804. The Labute approximate surface area is 185 Å². The number of nitrogens with zero attached hydrogens (tertiary/aromatic N) is 4. The van der Waals surface area contributed by atoms with E-state index in [1.54, 1.807) is 17.8 Å². The van der Waals surface area contributed by atoms with Crippen molar-refractivity contribution in [1.29, 1.82) is 0 Å². The minimum atomic E-state index is -4.56. The fraction of sp³-hybridized carbons (Fsp3) is 0.421. The molecule has 0 radical (unpaired) electrons. The van der Waals surface area contributed by atoms with Crippen LogP contribution in [0.1, 0.15) is 31.2 Å². The van der Waals surface area contributed by atoms with Crippen LogP contribution in [-0.4, -0.2) is 36.8 Å². The molecular weight excluding hydrogens is 456 g/mol. The molecule has 0 saturated heterocycles. The summed E-state index contributed by atoms with van der Waals surface area (Å²) in [5.41, 5.74) is 0.165. The molecule has 7 nitrogen and oxygen atoms in total. The first-order valence-corrected chi connectivity index (χ1v) is 10.3. The maximum atomic E-state index is 12.9. The van der Waals surface area contributed by atoms with Crippen LogP contribution >= 0.6 is 23.2 Å². The summed E-state index contributed by atoms with van der Waals surface area (Å²) in [5.74, 6) is 0.699. The van der Waals surface area contributed by atoms with Crippen LogP contribution in [0, 0.1) is 0 Å². The van der Waals surface area contributed by atoms with Crippen molar-refractivity contribution in [2.24, 2.45) is 7.05 Å². The number of anilines is 3. The second-order valence-corrected chi connectivity index (χ2v) is 8.31. The number of benzene rings is 1. The predicted octanol–water partition coefficient (Wildman–Crippen LogP) is 5.15. The summed E-state index contributed by atoms with van der Waals surface area (Å²) in [4.78, 5) is 13.1. The molecule has 0 aliphatic heterocycles. The van der Waals surface area contributed by atoms with E-state index in [1.165, 1.54) is 0 Å². The highest BCUT2D eigenvalue weighted by Crippen LogP contribution is 2.39. The molecule has 1 saturated carbocycles. The Morgan fingerprint density at radius 2 is 1.87 bits per heavy atom. The smallest absolute Gasteiger partial charge is 0.393 e. The quantitative estimate of drug-likeness (QED) is 0.484. The molecule has 1 aliphatic carbocycles. The van der Waals surface area contributed by atoms with Crippen LogP contribution in [0.3, 0.4) is 0 Å². The number of imidazole rings is 1. The van der Waals surface area contributed by atoms with E-state index in [2.05, 4.69) is 25.6 Å². The lowest BCUT2D eigenvalue weighted by Gasteiger charge is -2.26. The van der Waals surface area contributed by atoms with Gasteiger partial charge in [-0.15, -0.1) is 0 Å². The zero-order valence-corrected chi connectivity index (χ0v) is 17.9. The van der Waals surface area contributed by atoms with Crippen LogP contribution in [0.5, 0.6) is 0 Å². The average Bonchev–Trinajstić information content (AvgIpc) is 2.99. The lowest BCUT2D eigenvalue weighted by Crippen LogP contribution is -2.30. The number of hydrogen-bond acceptors (Lipinski definition) is 6. The monoisotopic (exact) mass is 474 g/mol. The number of rotatable bonds is 4. The Hall–Kier alpha value is -2.30. The third-order valence-corrected chi connectivity index (χ3v) is 5.79. The Bertz CT molecular complexity index is 1100. The zero-order valence-electron chi connectivity index (χ0n) is 16.3. The minimum Gasteiger partial charge on any atom is -0.393 e. The molecular formula is C19H19Cl2F3N6O. The van der Waals surface area contributed by atoms with E-state index in [-0.39, 0.29) is 33.8 Å². The Morgan fingerprint density at radius 3 is 2.52 bits per heavy atom. The van der Waals surface area contributed by atoms with Gasteiger partial charge in [0.05, 0.1) is 33.6 Å². The van der Waals surface area contributed by atoms with Gasteiger partial charge in [0.1, 0.15) is 5.52 Å². The van der Waals surface area contributed by atoms with E-state index in [9.17, 15) is 18.3 Å². The number of nitrogens with one attached hydrogen (secondary N) is 2. The van der Waals surface area contributed by atoms with Crippen molar-refractivity contribution in [1.82, 2.24) is 19.5 Å². The number of aliphatic hydroxyl groups is 1. The second-order valence-electron chi connectivity index (χ2n) is 7.50. The third kappa shape index (κ3) is 4.65. The van der Waals surface area contributed by atoms with E-state index >= 15 is 0 Å². The molecule has 2 aromatic heterocycles. The van der Waals surface area contributed by atoms with Crippen molar-refractivity contribution in [3.63, 3.8) is 0 Å². The highest BCUT2D eigenvalue weighted by atomic mass is 35.5. The molecule has 2 atom stereocenters. The predicted molar refractivity (Wildman–Crippen MR) is 113 cm³/mol. The van der Waals surface area contributed by atoms with Gasteiger partial charge in [0.2, 0.25) is 11.9 Å². The molecule has 0 bridgehead atoms. The normalized spacial score (nSPS) is 19.6. The number of aliphatic hydroxyl groups excluding tert-OH is 1. The molecule has 2 heterocycles. The largest absolute Gasteiger partial charge is 0.416 e. The summed E-state index contributed by atoms with van der Waals surface area (Å²) < 4.78 is 40.5. The van der Waals surface area contributed by atoms with E-state index in [0.29, 0.717) is 23.5 Å². The van der Waals surface area contributed by atoms with Crippen LogP contribution in [0.2, 0.25) is 10.0 Å². The molecule has 1 fully saturated rings. The molecule has 166 valence electrons. The van der Waals surface area contributed by atoms with Gasteiger partial charge in [-0.3, -0.25) is 4.57 Å². The summed E-state index contributed by atoms with van der Waals surface area (Å²) in [6.45, 7) is 0. The number of aromatic nitrogens is 4. The number of aryl methyl sites for hydroxylation is 1. The van der Waals surface area contributed by atoms with Gasteiger partial charge in [-0.05, 0) is 37.8 Å². The van der Waals surface area contributed by atoms with Crippen molar-refractivity contribution in [3.8, 4) is 0 Å². The van der Waals surface area contributed by atoms with Gasteiger partial charge >= 0.3 is 6.18 Å². The molecule has 3 N–H and O–H groups in total. The molecule has 0 amide bonds. The Morgan fingerprint density at radius 1 is 1.16 bits per heavy atom. The number of alkyl halides is 3. The van der Waals surface area contributed by atoms with Gasteiger partial charge in [0, 0.05) is 13.1 Å². The zero-order chi connectivity index (χ0) is 22.3. The average molecular weight is 475 g/mol. The van der Waals surface area contributed by atoms with Crippen LogP contribution in [0.25, 0.3) is 11.2 Å². The van der Waals surface area contributed by atoms with Crippen LogP contribution < -0.4 is 10.6 Å². The standard InChI is InChI=1S/C19H19Cl2F3N6O/c1-30-16-14(8-25-17(29-16)26-10-3-2-4-11(31)7-10)27-18(30)28-15-12(20)5-9(6-13(15)21)19(22,23)24/h5-6,8,10-11,31H,2-4,7H2,1H3,(H,27,28)(H,25,26,29)/t10-,11?/m1/s1. The third-order valence-electron chi connectivity index (χ3n) is 5.20. The number of fused-ring (bicyclic) bond motifs is 1. The van der Waals surface area contributed by atoms with Crippen molar-refractivity contribution >= 4 is 51.9 Å². The highest BCUT2D eigenvalue weighted by Gasteiger charge is 2.32. The summed E-state index contributed by atoms with van der Waals surface area (Å²) in [6.07, 6.45) is -0.0751. The molecule has 3 aromatic rings. The number of halogens is 5. The molecule has 0 spiro atoms. The maximum Gasteiger partial charge on any atom is 0.416 e. The second kappa shape index (κ2) is 8.33. The lowest BCUT2D eigenvalue weighted by molar-refractivity contribution is -0.137. The highest BCUT2D eigenvalue weighted by molar-refractivity contribution is 6.39. The van der Waals surface area contributed by atoms with Crippen molar-refractivity contribution in [2.45, 2.75) is 44.0 Å². The fourth-order valence-corrected chi connectivity index (χ4v) is 4.19. The van der Waals surface area contributed by atoms with Gasteiger partial charge in [-0.25, -0.2) is 9.97 Å². The molecule has 1 unspecified atom stereocenters. The van der Waals surface area contributed by atoms with E-state index in [0.717, 1.165) is 31.4 Å². The van der Waals surface area contributed by atoms with Gasteiger partial charge in [-0.1, -0.05) is 23.2 Å². The van der Waals surface area contributed by atoms with E-state index in [4.69, 9.17) is 23.2 Å². The number of hydrogen-bond donors (Lipinski definition) is 3. The van der Waals surface area contributed by atoms with Gasteiger partial charge < -0.3 is 15.7 Å². The fourth-order valence-electron chi connectivity index (χ4n) is 3.61. The Balaban J connectivity index is 1.60. The van der Waals surface area contributed by atoms with Crippen molar-refractivity contribution < 1.29 is 18.3 Å². The topological polar surface area (TPSA) is 87.9 Å².